The Balaban J connectivity index is 2.86. The van der Waals surface area contributed by atoms with Gasteiger partial charge in [0.25, 0.3) is 0 Å². The zero-order valence-electron chi connectivity index (χ0n) is 9.16. The summed E-state index contributed by atoms with van der Waals surface area (Å²) < 4.78 is 6.02. The van der Waals surface area contributed by atoms with Gasteiger partial charge in [0.2, 0.25) is 8.32 Å². The first-order valence-electron chi connectivity index (χ1n) is 4.70. The van der Waals surface area contributed by atoms with Crippen molar-refractivity contribution in [3.8, 4) is 5.75 Å². The smallest absolute Gasteiger partial charge is 0.205 e. The summed E-state index contributed by atoms with van der Waals surface area (Å²) in [5.41, 5.74) is 0. The van der Waals surface area contributed by atoms with Crippen LogP contribution in [0.3, 0.4) is 0 Å². The second kappa shape index (κ2) is 4.29. The molecule has 0 amide bonds. The van der Waals surface area contributed by atoms with Crippen LogP contribution < -0.4 is 5.19 Å². The van der Waals surface area contributed by atoms with Crippen LogP contribution in [0, 0.1) is 0 Å². The molecule has 0 fully saturated rings. The Morgan fingerprint density at radius 1 is 1.14 bits per heavy atom. The molecule has 0 aliphatic heterocycles. The summed E-state index contributed by atoms with van der Waals surface area (Å²) in [6, 6.07) is 7.38. The van der Waals surface area contributed by atoms with Crippen LogP contribution in [-0.4, -0.2) is 22.5 Å². The Labute approximate surface area is 88.4 Å². The summed E-state index contributed by atoms with van der Waals surface area (Å²) in [6.07, 6.45) is 0. The van der Waals surface area contributed by atoms with Crippen LogP contribution in [-0.2, 0) is 4.12 Å². The first-order valence-corrected chi connectivity index (χ1v) is 10.0. The molecule has 0 unspecified atom stereocenters. The van der Waals surface area contributed by atoms with Crippen molar-refractivity contribution in [2.45, 2.75) is 26.2 Å². The van der Waals surface area contributed by atoms with E-state index in [1.165, 1.54) is 5.19 Å². The molecule has 0 aliphatic rings. The third-order valence-corrected chi connectivity index (χ3v) is 7.42. The van der Waals surface area contributed by atoms with Crippen LogP contribution in [0.2, 0.25) is 26.2 Å². The predicted molar refractivity (Wildman–Crippen MR) is 63.8 cm³/mol. The minimum Gasteiger partial charge on any atom is -0.508 e. The molecule has 0 bridgehead atoms. The maximum Gasteiger partial charge on any atom is 0.205 e. The van der Waals surface area contributed by atoms with Gasteiger partial charge in [-0.1, -0.05) is 12.1 Å². The Hall–Kier alpha value is -0.586. The van der Waals surface area contributed by atoms with Crippen LogP contribution in [0.25, 0.3) is 0 Å². The molecule has 0 aliphatic carbocycles. The first kappa shape index (κ1) is 11.5. The van der Waals surface area contributed by atoms with Gasteiger partial charge in [0.15, 0.2) is 9.04 Å². The van der Waals surface area contributed by atoms with E-state index in [9.17, 15) is 5.11 Å². The zero-order valence-corrected chi connectivity index (χ0v) is 11.2. The number of hydrogen-bond acceptors (Lipinski definition) is 2. The lowest BCUT2D eigenvalue weighted by molar-refractivity contribution is 0.475. The van der Waals surface area contributed by atoms with Crippen molar-refractivity contribution in [2.75, 3.05) is 0 Å². The highest BCUT2D eigenvalue weighted by Crippen LogP contribution is 2.10. The summed E-state index contributed by atoms with van der Waals surface area (Å²) >= 11 is 0. The lowest BCUT2D eigenvalue weighted by Crippen LogP contribution is -2.47. The largest absolute Gasteiger partial charge is 0.508 e. The highest BCUT2D eigenvalue weighted by molar-refractivity contribution is 6.88. The van der Waals surface area contributed by atoms with Gasteiger partial charge in [-0.25, -0.2) is 0 Å². The highest BCUT2D eigenvalue weighted by Gasteiger charge is 2.26. The van der Waals surface area contributed by atoms with Crippen molar-refractivity contribution >= 4 is 22.5 Å². The van der Waals surface area contributed by atoms with E-state index < -0.39 is 17.4 Å². The minimum absolute atomic E-state index is 0.317. The maximum atomic E-state index is 9.19. The molecular weight excluding hydrogens is 208 g/mol. The van der Waals surface area contributed by atoms with E-state index in [4.69, 9.17) is 4.12 Å². The highest BCUT2D eigenvalue weighted by atomic mass is 28.4. The van der Waals surface area contributed by atoms with E-state index in [1.54, 1.807) is 12.1 Å². The molecule has 0 atom stereocenters. The fourth-order valence-corrected chi connectivity index (χ4v) is 6.96. The molecular formula is C10H17O2Si2. The quantitative estimate of drug-likeness (QED) is 0.798. The molecule has 1 N–H and O–H groups in total. The lowest BCUT2D eigenvalue weighted by atomic mass is 10.3. The molecule has 0 aromatic heterocycles. The average Bonchev–Trinajstić information content (AvgIpc) is 2.02. The lowest BCUT2D eigenvalue weighted by Gasteiger charge is -2.25. The first-order chi connectivity index (χ1) is 6.42. The van der Waals surface area contributed by atoms with Gasteiger partial charge in [0.05, 0.1) is 0 Å². The number of benzene rings is 1. The summed E-state index contributed by atoms with van der Waals surface area (Å²) in [5, 5.41) is 10.4. The topological polar surface area (TPSA) is 29.5 Å². The SMILES string of the molecule is C[Si](C)O[Si](C)(C)c1ccc(O)cc1. The van der Waals surface area contributed by atoms with Crippen molar-refractivity contribution in [3.05, 3.63) is 24.3 Å². The molecule has 1 rings (SSSR count). The standard InChI is InChI=1S/C10H17O2Si2/c1-13(2)12-14(3,4)10-7-5-9(11)6-8-10/h5-8,11H,1-4H3. The Bertz CT molecular complexity index is 293. The number of rotatable bonds is 3. The summed E-state index contributed by atoms with van der Waals surface area (Å²) in [4.78, 5) is 0. The molecule has 14 heavy (non-hydrogen) atoms. The van der Waals surface area contributed by atoms with E-state index in [0.29, 0.717) is 5.75 Å². The van der Waals surface area contributed by atoms with E-state index in [1.807, 2.05) is 12.1 Å². The van der Waals surface area contributed by atoms with Crippen molar-refractivity contribution in [2.24, 2.45) is 0 Å². The van der Waals surface area contributed by atoms with Gasteiger partial charge in [-0.15, -0.1) is 0 Å². The van der Waals surface area contributed by atoms with Crippen LogP contribution in [0.5, 0.6) is 5.75 Å². The van der Waals surface area contributed by atoms with Gasteiger partial charge in [0.1, 0.15) is 5.75 Å². The second-order valence-corrected chi connectivity index (χ2v) is 10.3. The molecule has 1 radical (unpaired) electrons. The Morgan fingerprint density at radius 3 is 2.07 bits per heavy atom. The third kappa shape index (κ3) is 2.97. The van der Waals surface area contributed by atoms with Crippen molar-refractivity contribution in [1.82, 2.24) is 0 Å². The number of aromatic hydroxyl groups is 1. The van der Waals surface area contributed by atoms with Crippen LogP contribution in [0.1, 0.15) is 0 Å². The van der Waals surface area contributed by atoms with Crippen LogP contribution in [0.15, 0.2) is 24.3 Å². The van der Waals surface area contributed by atoms with Gasteiger partial charge in [-0.3, -0.25) is 0 Å². The van der Waals surface area contributed by atoms with E-state index in [2.05, 4.69) is 26.2 Å². The van der Waals surface area contributed by atoms with Crippen molar-refractivity contribution in [3.63, 3.8) is 0 Å². The average molecular weight is 225 g/mol. The van der Waals surface area contributed by atoms with E-state index in [-0.39, 0.29) is 0 Å². The number of hydrogen-bond donors (Lipinski definition) is 1. The normalized spacial score (nSPS) is 12.1. The molecule has 1 aromatic rings. The Morgan fingerprint density at radius 2 is 1.64 bits per heavy atom. The van der Waals surface area contributed by atoms with Crippen LogP contribution >= 0.6 is 0 Å². The van der Waals surface area contributed by atoms with Gasteiger partial charge in [-0.2, -0.15) is 0 Å². The second-order valence-electron chi connectivity index (χ2n) is 4.07. The Kier molecular flexibility index (Phi) is 3.52. The predicted octanol–water partition coefficient (Wildman–Crippen LogP) is 2.07. The van der Waals surface area contributed by atoms with E-state index >= 15 is 0 Å². The molecule has 1 aromatic carbocycles. The summed E-state index contributed by atoms with van der Waals surface area (Å²) in [6.45, 7) is 8.69. The fraction of sp³-hybridized carbons (Fsp3) is 0.400. The fourth-order valence-electron chi connectivity index (χ4n) is 1.43. The van der Waals surface area contributed by atoms with Gasteiger partial charge in [-0.05, 0) is 43.5 Å². The molecule has 2 nitrogen and oxygen atoms in total. The third-order valence-electron chi connectivity index (χ3n) is 2.02. The molecule has 0 saturated carbocycles. The number of phenols is 1. The molecule has 77 valence electrons. The summed E-state index contributed by atoms with van der Waals surface area (Å²) in [7, 11) is -2.38. The summed E-state index contributed by atoms with van der Waals surface area (Å²) in [5.74, 6) is 0.317. The van der Waals surface area contributed by atoms with Gasteiger partial charge < -0.3 is 9.22 Å². The molecule has 4 heteroatoms. The maximum absolute atomic E-state index is 9.19. The van der Waals surface area contributed by atoms with Gasteiger partial charge >= 0.3 is 0 Å². The van der Waals surface area contributed by atoms with Crippen molar-refractivity contribution in [1.29, 1.82) is 0 Å². The molecule has 0 saturated heterocycles. The van der Waals surface area contributed by atoms with Gasteiger partial charge in [0, 0.05) is 0 Å². The molecule has 0 spiro atoms. The monoisotopic (exact) mass is 225 g/mol. The van der Waals surface area contributed by atoms with Crippen molar-refractivity contribution < 1.29 is 9.22 Å². The molecule has 0 heterocycles. The van der Waals surface area contributed by atoms with Crippen LogP contribution in [0.4, 0.5) is 0 Å². The minimum atomic E-state index is -1.73. The zero-order chi connectivity index (χ0) is 10.8. The number of phenolic OH excluding ortho intramolecular Hbond substituents is 1. The van der Waals surface area contributed by atoms with E-state index in [0.717, 1.165) is 0 Å².